The highest BCUT2D eigenvalue weighted by Crippen LogP contribution is 2.29. The monoisotopic (exact) mass is 533 g/mol. The summed E-state index contributed by atoms with van der Waals surface area (Å²) in [6.07, 6.45) is 5.87. The molecule has 1 amide bonds. The smallest absolute Gasteiger partial charge is 0.230 e. The first-order valence-corrected chi connectivity index (χ1v) is 15.0. The topological polar surface area (TPSA) is 59.2 Å². The molecule has 1 atom stereocenters. The van der Waals surface area contributed by atoms with Crippen LogP contribution in [-0.2, 0) is 30.6 Å². The molecule has 0 saturated carbocycles. The molecule has 1 aliphatic rings. The molecule has 0 bridgehead atoms. The standard InChI is InChI=1S/C23H30N2O.C8H11NS.C2H6/c1-16(2)18(4)23(26)25(15-21-11-7-8-17(3)24-21)22-13-12-19-9-5-6-10-20(19)14-22;1-2-7-4-3-5-8(6-7)10-9;1-2/h7-8,11-14,16,18H,5-6,9-10,15H2,1-4H3;3-6H,2,9H2,1H3;1-2H3/t18-;;/m0../s1. The Kier molecular flexibility index (Phi) is 13.6. The minimum Gasteiger partial charge on any atom is -0.306 e. The fourth-order valence-electron chi connectivity index (χ4n) is 4.40. The summed E-state index contributed by atoms with van der Waals surface area (Å²) < 4.78 is 0. The number of rotatable bonds is 7. The molecule has 0 aliphatic heterocycles. The lowest BCUT2D eigenvalue weighted by molar-refractivity contribution is -0.123. The van der Waals surface area contributed by atoms with Crippen LogP contribution in [0, 0.1) is 18.8 Å². The Morgan fingerprint density at radius 1 is 0.974 bits per heavy atom. The Morgan fingerprint density at radius 3 is 2.29 bits per heavy atom. The predicted molar refractivity (Wildman–Crippen MR) is 164 cm³/mol. The maximum absolute atomic E-state index is 13.2. The fourth-order valence-corrected chi connectivity index (χ4v) is 4.78. The third-order valence-corrected chi connectivity index (χ3v) is 7.53. The molecule has 0 unspecified atom stereocenters. The Hall–Kier alpha value is -2.63. The van der Waals surface area contributed by atoms with Gasteiger partial charge >= 0.3 is 0 Å². The summed E-state index contributed by atoms with van der Waals surface area (Å²) in [6.45, 7) is 14.9. The van der Waals surface area contributed by atoms with Crippen LogP contribution in [0.1, 0.15) is 82.5 Å². The number of aryl methyl sites for hydroxylation is 4. The number of carbonyl (C=O) groups excluding carboxylic acids is 1. The Labute approximate surface area is 235 Å². The van der Waals surface area contributed by atoms with Crippen molar-refractivity contribution in [3.05, 3.63) is 88.7 Å². The molecule has 38 heavy (non-hydrogen) atoms. The zero-order valence-corrected chi connectivity index (χ0v) is 25.3. The number of aromatic nitrogens is 1. The number of hydrogen-bond donors (Lipinski definition) is 1. The van der Waals surface area contributed by atoms with E-state index < -0.39 is 0 Å². The van der Waals surface area contributed by atoms with Crippen LogP contribution >= 0.6 is 11.9 Å². The molecule has 1 aliphatic carbocycles. The van der Waals surface area contributed by atoms with Crippen LogP contribution < -0.4 is 10.0 Å². The third-order valence-electron chi connectivity index (χ3n) is 7.01. The number of nitrogens with zero attached hydrogens (tertiary/aromatic N) is 2. The van der Waals surface area contributed by atoms with Gasteiger partial charge < -0.3 is 4.90 Å². The highest BCUT2D eigenvalue weighted by atomic mass is 32.2. The van der Waals surface area contributed by atoms with Crippen LogP contribution in [0.2, 0.25) is 0 Å². The normalized spacial score (nSPS) is 12.9. The van der Waals surface area contributed by atoms with Crippen LogP contribution in [0.3, 0.4) is 0 Å². The fraction of sp³-hybridized carbons (Fsp3) is 0.455. The first kappa shape index (κ1) is 31.6. The van der Waals surface area contributed by atoms with E-state index in [9.17, 15) is 4.79 Å². The number of anilines is 1. The summed E-state index contributed by atoms with van der Waals surface area (Å²) in [5.41, 5.74) is 7.12. The highest BCUT2D eigenvalue weighted by Gasteiger charge is 2.25. The maximum Gasteiger partial charge on any atom is 0.230 e. The van der Waals surface area contributed by atoms with Crippen molar-refractivity contribution in [1.82, 2.24) is 4.98 Å². The van der Waals surface area contributed by atoms with E-state index in [-0.39, 0.29) is 11.8 Å². The van der Waals surface area contributed by atoms with Crippen molar-refractivity contribution in [3.8, 4) is 0 Å². The number of fused-ring (bicyclic) bond motifs is 1. The molecule has 0 saturated heterocycles. The van der Waals surface area contributed by atoms with Crippen LogP contribution in [0.25, 0.3) is 0 Å². The molecule has 5 heteroatoms. The zero-order valence-electron chi connectivity index (χ0n) is 24.5. The summed E-state index contributed by atoms with van der Waals surface area (Å²) in [5.74, 6) is 0.475. The number of carbonyl (C=O) groups is 1. The lowest BCUT2D eigenvalue weighted by Gasteiger charge is -2.29. The van der Waals surface area contributed by atoms with Crippen LogP contribution in [-0.4, -0.2) is 10.9 Å². The maximum atomic E-state index is 13.2. The van der Waals surface area contributed by atoms with Gasteiger partial charge in [-0.1, -0.05) is 65.8 Å². The van der Waals surface area contributed by atoms with Crippen LogP contribution in [0.4, 0.5) is 5.69 Å². The minimum absolute atomic E-state index is 0.0177. The van der Waals surface area contributed by atoms with Gasteiger partial charge in [-0.05, 0) is 110 Å². The van der Waals surface area contributed by atoms with Gasteiger partial charge in [0.15, 0.2) is 0 Å². The van der Waals surface area contributed by atoms with Crippen molar-refractivity contribution in [2.45, 2.75) is 92.0 Å². The number of hydrogen-bond acceptors (Lipinski definition) is 4. The summed E-state index contributed by atoms with van der Waals surface area (Å²) in [7, 11) is 0. The Bertz CT molecular complexity index is 1130. The van der Waals surface area contributed by atoms with E-state index in [0.717, 1.165) is 41.2 Å². The molecule has 3 aromatic rings. The number of benzene rings is 2. The molecule has 4 nitrogen and oxygen atoms in total. The van der Waals surface area contributed by atoms with Crippen molar-refractivity contribution in [2.24, 2.45) is 17.0 Å². The van der Waals surface area contributed by atoms with Crippen LogP contribution in [0.15, 0.2) is 65.6 Å². The summed E-state index contributed by atoms with van der Waals surface area (Å²) in [5, 5.41) is 5.39. The predicted octanol–water partition coefficient (Wildman–Crippen LogP) is 8.34. The van der Waals surface area contributed by atoms with Gasteiger partial charge in [-0.15, -0.1) is 0 Å². The van der Waals surface area contributed by atoms with Gasteiger partial charge in [-0.2, -0.15) is 0 Å². The molecule has 2 N–H and O–H groups in total. The van der Waals surface area contributed by atoms with E-state index in [2.05, 4.69) is 56.1 Å². The minimum atomic E-state index is -0.0177. The van der Waals surface area contributed by atoms with E-state index in [1.807, 2.05) is 62.9 Å². The van der Waals surface area contributed by atoms with Crippen LogP contribution in [0.5, 0.6) is 0 Å². The quantitative estimate of drug-likeness (QED) is 0.310. The van der Waals surface area contributed by atoms with E-state index in [1.54, 1.807) is 0 Å². The second-order valence-electron chi connectivity index (χ2n) is 10.0. The average Bonchev–Trinajstić information content (AvgIpc) is 2.96. The van der Waals surface area contributed by atoms with Crippen molar-refractivity contribution < 1.29 is 4.79 Å². The second-order valence-corrected chi connectivity index (χ2v) is 10.7. The van der Waals surface area contributed by atoms with Crippen molar-refractivity contribution in [3.63, 3.8) is 0 Å². The lowest BCUT2D eigenvalue weighted by Crippen LogP contribution is -2.37. The number of amides is 1. The molecule has 1 aromatic heterocycles. The van der Waals surface area contributed by atoms with E-state index in [0.29, 0.717) is 12.5 Å². The highest BCUT2D eigenvalue weighted by molar-refractivity contribution is 7.97. The van der Waals surface area contributed by atoms with Crippen molar-refractivity contribution in [2.75, 3.05) is 4.90 Å². The van der Waals surface area contributed by atoms with Gasteiger partial charge in [0.1, 0.15) is 0 Å². The molecule has 4 rings (SSSR count). The first-order chi connectivity index (χ1) is 18.3. The molecular weight excluding hydrogens is 486 g/mol. The second kappa shape index (κ2) is 16.4. The molecule has 0 radical (unpaired) electrons. The molecule has 0 spiro atoms. The van der Waals surface area contributed by atoms with Gasteiger partial charge in [0.2, 0.25) is 5.91 Å². The molecule has 0 fully saturated rings. The average molecular weight is 534 g/mol. The van der Waals surface area contributed by atoms with Gasteiger partial charge in [0.25, 0.3) is 0 Å². The molecule has 2 aromatic carbocycles. The number of nitrogens with two attached hydrogens (primary N) is 1. The van der Waals surface area contributed by atoms with E-state index in [4.69, 9.17) is 5.14 Å². The first-order valence-electron chi connectivity index (χ1n) is 14.1. The molecular formula is C33H47N3OS. The summed E-state index contributed by atoms with van der Waals surface area (Å²) >= 11 is 1.30. The van der Waals surface area contributed by atoms with Gasteiger partial charge in [0, 0.05) is 22.2 Å². The summed E-state index contributed by atoms with van der Waals surface area (Å²) in [6, 6.07) is 20.9. The lowest BCUT2D eigenvalue weighted by atomic mass is 9.91. The van der Waals surface area contributed by atoms with Gasteiger partial charge in [0.05, 0.1) is 12.2 Å². The van der Waals surface area contributed by atoms with E-state index >= 15 is 0 Å². The zero-order chi connectivity index (χ0) is 28.1. The summed E-state index contributed by atoms with van der Waals surface area (Å²) in [4.78, 5) is 20.9. The molecule has 1 heterocycles. The number of pyridine rings is 1. The van der Waals surface area contributed by atoms with E-state index in [1.165, 1.54) is 41.5 Å². The molecule has 206 valence electrons. The van der Waals surface area contributed by atoms with Crippen molar-refractivity contribution in [1.29, 1.82) is 0 Å². The Balaban J connectivity index is 0.000000353. The third kappa shape index (κ3) is 9.28. The van der Waals surface area contributed by atoms with Crippen molar-refractivity contribution >= 4 is 23.5 Å². The Morgan fingerprint density at radius 2 is 1.66 bits per heavy atom. The van der Waals surface area contributed by atoms with Gasteiger partial charge in [-0.3, -0.25) is 14.9 Å². The largest absolute Gasteiger partial charge is 0.306 e. The SMILES string of the molecule is CC.CCc1cccc(SN)c1.Cc1cccc(CN(C(=O)[C@@H](C)C(C)C)c2ccc3c(c2)CCCC3)n1. The van der Waals surface area contributed by atoms with Gasteiger partial charge in [-0.25, -0.2) is 0 Å².